The van der Waals surface area contributed by atoms with Crippen molar-refractivity contribution in [2.75, 3.05) is 6.61 Å². The van der Waals surface area contributed by atoms with Crippen molar-refractivity contribution >= 4 is 17.7 Å². The maximum absolute atomic E-state index is 11.2. The molecule has 0 atom stereocenters. The molecule has 1 saturated carbocycles. The Kier molecular flexibility index (Phi) is 4.27. The summed E-state index contributed by atoms with van der Waals surface area (Å²) < 4.78 is 4.55. The summed E-state index contributed by atoms with van der Waals surface area (Å²) in [5.74, 6) is -1.35. The van der Waals surface area contributed by atoms with Crippen molar-refractivity contribution < 1.29 is 19.1 Å². The average Bonchev–Trinajstić information content (AvgIpc) is 2.22. The van der Waals surface area contributed by atoms with Gasteiger partial charge in [0.15, 0.2) is 0 Å². The molecule has 0 aromatic heterocycles. The third-order valence-electron chi connectivity index (χ3n) is 2.34. The van der Waals surface area contributed by atoms with E-state index in [1.807, 2.05) is 0 Å². The summed E-state index contributed by atoms with van der Waals surface area (Å²) in [5.41, 5.74) is 0. The van der Waals surface area contributed by atoms with Crippen molar-refractivity contribution in [3.8, 4) is 0 Å². The first kappa shape index (κ1) is 11.7. The van der Waals surface area contributed by atoms with Crippen LogP contribution in [0.2, 0.25) is 0 Å². The molecule has 0 unspecified atom stereocenters. The molecule has 1 fully saturated rings. The summed E-state index contributed by atoms with van der Waals surface area (Å²) in [6.07, 6.45) is 2.19. The van der Waals surface area contributed by atoms with Gasteiger partial charge in [-0.1, -0.05) is 0 Å². The van der Waals surface area contributed by atoms with Crippen molar-refractivity contribution in [2.24, 2.45) is 0 Å². The largest absolute Gasteiger partial charge is 0.459 e. The first-order valence-electron chi connectivity index (χ1n) is 5.12. The van der Waals surface area contributed by atoms with Crippen LogP contribution < -0.4 is 5.32 Å². The average molecular weight is 213 g/mol. The highest BCUT2D eigenvalue weighted by molar-refractivity contribution is 6.32. The molecule has 1 N–H and O–H groups in total. The maximum atomic E-state index is 11.2. The van der Waals surface area contributed by atoms with Gasteiger partial charge >= 0.3 is 11.9 Å². The minimum atomic E-state index is -0.852. The van der Waals surface area contributed by atoms with E-state index >= 15 is 0 Å². The fraction of sp³-hybridized carbons (Fsp3) is 0.700. The molecule has 0 radical (unpaired) electrons. The Hall–Kier alpha value is -1.39. The van der Waals surface area contributed by atoms with E-state index in [1.165, 1.54) is 0 Å². The molecule has 15 heavy (non-hydrogen) atoms. The molecule has 1 aliphatic carbocycles. The summed E-state index contributed by atoms with van der Waals surface area (Å²) in [7, 11) is 0. The van der Waals surface area contributed by atoms with E-state index in [1.54, 1.807) is 6.92 Å². The predicted octanol–water partition coefficient (Wildman–Crippen LogP) is 0.177. The SMILES string of the molecule is CCOC(=O)C(=O)NC1CCC(=O)CC1. The number of nitrogens with one attached hydrogen (secondary N) is 1. The minimum absolute atomic E-state index is 0.0698. The van der Waals surface area contributed by atoms with Crippen LogP contribution in [0.1, 0.15) is 32.6 Å². The van der Waals surface area contributed by atoms with Gasteiger partial charge in [0.2, 0.25) is 0 Å². The van der Waals surface area contributed by atoms with Gasteiger partial charge in [-0.05, 0) is 19.8 Å². The fourth-order valence-corrected chi connectivity index (χ4v) is 1.53. The van der Waals surface area contributed by atoms with E-state index in [9.17, 15) is 14.4 Å². The lowest BCUT2D eigenvalue weighted by Gasteiger charge is -2.21. The quantitative estimate of drug-likeness (QED) is 0.524. The number of hydrogen-bond donors (Lipinski definition) is 1. The second kappa shape index (κ2) is 5.48. The van der Waals surface area contributed by atoms with Crippen molar-refractivity contribution in [3.63, 3.8) is 0 Å². The van der Waals surface area contributed by atoms with Crippen LogP contribution in [-0.4, -0.2) is 30.3 Å². The summed E-state index contributed by atoms with van der Waals surface area (Å²) in [6.45, 7) is 1.83. The second-order valence-corrected chi connectivity index (χ2v) is 3.51. The highest BCUT2D eigenvalue weighted by Crippen LogP contribution is 2.14. The van der Waals surface area contributed by atoms with Gasteiger partial charge in [0.25, 0.3) is 0 Å². The van der Waals surface area contributed by atoms with Gasteiger partial charge in [-0.3, -0.25) is 9.59 Å². The maximum Gasteiger partial charge on any atom is 0.396 e. The van der Waals surface area contributed by atoms with Crippen LogP contribution in [0.25, 0.3) is 0 Å². The molecule has 5 nitrogen and oxygen atoms in total. The molecular weight excluding hydrogens is 198 g/mol. The molecule has 0 aromatic carbocycles. The number of amides is 1. The predicted molar refractivity (Wildman–Crippen MR) is 52.0 cm³/mol. The second-order valence-electron chi connectivity index (χ2n) is 3.51. The first-order chi connectivity index (χ1) is 7.13. The molecule has 1 amide bonds. The van der Waals surface area contributed by atoms with Gasteiger partial charge in [0.1, 0.15) is 5.78 Å². The van der Waals surface area contributed by atoms with Gasteiger partial charge in [-0.15, -0.1) is 0 Å². The van der Waals surface area contributed by atoms with Crippen LogP contribution >= 0.6 is 0 Å². The van der Waals surface area contributed by atoms with E-state index in [0.29, 0.717) is 25.7 Å². The molecule has 1 aliphatic rings. The number of ketones is 1. The van der Waals surface area contributed by atoms with E-state index in [2.05, 4.69) is 10.1 Å². The smallest absolute Gasteiger partial charge is 0.396 e. The third kappa shape index (κ3) is 3.69. The number of esters is 1. The Morgan fingerprint density at radius 1 is 1.40 bits per heavy atom. The van der Waals surface area contributed by atoms with Crippen molar-refractivity contribution in [1.82, 2.24) is 5.32 Å². The van der Waals surface area contributed by atoms with Crippen LogP contribution in [0.15, 0.2) is 0 Å². The zero-order chi connectivity index (χ0) is 11.3. The molecule has 0 spiro atoms. The molecular formula is C10H15NO4. The van der Waals surface area contributed by atoms with Gasteiger partial charge in [0, 0.05) is 18.9 Å². The summed E-state index contributed by atoms with van der Waals surface area (Å²) in [6, 6.07) is -0.0698. The molecule has 0 bridgehead atoms. The fourth-order valence-electron chi connectivity index (χ4n) is 1.53. The topological polar surface area (TPSA) is 72.5 Å². The number of carbonyl (C=O) groups excluding carboxylic acids is 3. The number of ether oxygens (including phenoxy) is 1. The number of rotatable bonds is 2. The van der Waals surface area contributed by atoms with Crippen LogP contribution in [0, 0.1) is 0 Å². The Morgan fingerprint density at radius 2 is 2.00 bits per heavy atom. The first-order valence-corrected chi connectivity index (χ1v) is 5.12. The molecule has 84 valence electrons. The van der Waals surface area contributed by atoms with Crippen molar-refractivity contribution in [1.29, 1.82) is 0 Å². The molecule has 0 aliphatic heterocycles. The van der Waals surface area contributed by atoms with E-state index in [4.69, 9.17) is 0 Å². The summed E-state index contributed by atoms with van der Waals surface area (Å²) >= 11 is 0. The van der Waals surface area contributed by atoms with Gasteiger partial charge in [-0.2, -0.15) is 0 Å². The highest BCUT2D eigenvalue weighted by Gasteiger charge is 2.23. The van der Waals surface area contributed by atoms with Crippen LogP contribution in [-0.2, 0) is 19.1 Å². The number of hydrogen-bond acceptors (Lipinski definition) is 4. The van der Waals surface area contributed by atoms with E-state index < -0.39 is 11.9 Å². The zero-order valence-electron chi connectivity index (χ0n) is 8.75. The lowest BCUT2D eigenvalue weighted by atomic mass is 9.94. The van der Waals surface area contributed by atoms with E-state index in [0.717, 1.165) is 0 Å². The Morgan fingerprint density at radius 3 is 2.53 bits per heavy atom. The standard InChI is InChI=1S/C10H15NO4/c1-2-15-10(14)9(13)11-7-3-5-8(12)6-4-7/h7H,2-6H2,1H3,(H,11,13). The normalized spacial score (nSPS) is 17.3. The third-order valence-corrected chi connectivity index (χ3v) is 2.34. The van der Waals surface area contributed by atoms with E-state index in [-0.39, 0.29) is 18.4 Å². The Bertz CT molecular complexity index is 265. The number of Topliss-reactive ketones (excluding diaryl/α,β-unsaturated/α-hetero) is 1. The van der Waals surface area contributed by atoms with Crippen LogP contribution in [0.4, 0.5) is 0 Å². The molecule has 5 heteroatoms. The minimum Gasteiger partial charge on any atom is -0.459 e. The molecule has 0 aromatic rings. The summed E-state index contributed by atoms with van der Waals surface area (Å²) in [4.78, 5) is 33.1. The monoisotopic (exact) mass is 213 g/mol. The van der Waals surface area contributed by atoms with Gasteiger partial charge < -0.3 is 10.1 Å². The van der Waals surface area contributed by atoms with Crippen molar-refractivity contribution in [3.05, 3.63) is 0 Å². The molecule has 0 heterocycles. The van der Waals surface area contributed by atoms with Crippen LogP contribution in [0.3, 0.4) is 0 Å². The summed E-state index contributed by atoms with van der Waals surface area (Å²) in [5, 5.41) is 2.56. The van der Waals surface area contributed by atoms with Gasteiger partial charge in [0.05, 0.1) is 6.61 Å². The van der Waals surface area contributed by atoms with Crippen LogP contribution in [0.5, 0.6) is 0 Å². The highest BCUT2D eigenvalue weighted by atomic mass is 16.5. The van der Waals surface area contributed by atoms with Crippen molar-refractivity contribution in [2.45, 2.75) is 38.6 Å². The van der Waals surface area contributed by atoms with Gasteiger partial charge in [-0.25, -0.2) is 4.79 Å². The lowest BCUT2D eigenvalue weighted by molar-refractivity contribution is -0.155. The number of carbonyl (C=O) groups is 3. The lowest BCUT2D eigenvalue weighted by Crippen LogP contribution is -2.42. The Labute approximate surface area is 88.2 Å². The Balaban J connectivity index is 2.32. The molecule has 0 saturated heterocycles. The molecule has 1 rings (SSSR count). The zero-order valence-corrected chi connectivity index (χ0v) is 8.75.